The topological polar surface area (TPSA) is 89.6 Å². The Balaban J connectivity index is 1.65. The molecule has 38 heavy (non-hydrogen) atoms. The van der Waals surface area contributed by atoms with Gasteiger partial charge in [0.05, 0.1) is 11.5 Å². The van der Waals surface area contributed by atoms with Crippen molar-refractivity contribution in [3.05, 3.63) is 89.0 Å². The van der Waals surface area contributed by atoms with Gasteiger partial charge < -0.3 is 9.88 Å². The maximum Gasteiger partial charge on any atom is 0.281 e. The molecule has 8 nitrogen and oxygen atoms in total. The summed E-state index contributed by atoms with van der Waals surface area (Å²) >= 11 is 6.08. The zero-order valence-electron chi connectivity index (χ0n) is 22.2. The van der Waals surface area contributed by atoms with E-state index in [4.69, 9.17) is 11.6 Å². The number of carbonyl (C=O) groups is 1. The molecule has 3 aromatic rings. The van der Waals surface area contributed by atoms with Crippen molar-refractivity contribution in [2.45, 2.75) is 38.6 Å². The molecule has 1 saturated heterocycles. The van der Waals surface area contributed by atoms with E-state index in [1.54, 1.807) is 12.4 Å². The van der Waals surface area contributed by atoms with Gasteiger partial charge in [0.2, 0.25) is 5.91 Å². The summed E-state index contributed by atoms with van der Waals surface area (Å²) in [6, 6.07) is 17.4. The van der Waals surface area contributed by atoms with Gasteiger partial charge in [-0.25, -0.2) is 4.98 Å². The SMILES string of the molecule is CC(c1ncc[nH]1)N(CCc1ccc(Cl)cc1)C(=O)C1(Cc2ccccc2)CCN(S(=O)(=O)N(C)C)CC1. The van der Waals surface area contributed by atoms with Gasteiger partial charge in [-0.1, -0.05) is 54.1 Å². The molecule has 0 bridgehead atoms. The van der Waals surface area contributed by atoms with E-state index in [-0.39, 0.29) is 11.9 Å². The summed E-state index contributed by atoms with van der Waals surface area (Å²) in [5.74, 6) is 0.748. The molecule has 204 valence electrons. The zero-order valence-corrected chi connectivity index (χ0v) is 23.8. The molecule has 1 aliphatic heterocycles. The number of aromatic amines is 1. The number of nitrogens with one attached hydrogen (secondary N) is 1. The molecule has 1 amide bonds. The highest BCUT2D eigenvalue weighted by Crippen LogP contribution is 2.40. The van der Waals surface area contributed by atoms with E-state index in [0.29, 0.717) is 50.3 Å². The van der Waals surface area contributed by atoms with Crippen molar-refractivity contribution in [1.29, 1.82) is 0 Å². The second-order valence-electron chi connectivity index (χ2n) is 10.2. The van der Waals surface area contributed by atoms with Crippen LogP contribution in [0.4, 0.5) is 0 Å². The minimum atomic E-state index is -3.55. The number of aromatic nitrogens is 2. The van der Waals surface area contributed by atoms with E-state index in [2.05, 4.69) is 9.97 Å². The zero-order chi connectivity index (χ0) is 27.3. The van der Waals surface area contributed by atoms with E-state index >= 15 is 0 Å². The van der Waals surface area contributed by atoms with Gasteiger partial charge in [-0.3, -0.25) is 4.79 Å². The van der Waals surface area contributed by atoms with E-state index in [1.807, 2.05) is 66.4 Å². The minimum absolute atomic E-state index is 0.0288. The van der Waals surface area contributed by atoms with Crippen LogP contribution in [-0.2, 0) is 27.8 Å². The van der Waals surface area contributed by atoms with Crippen LogP contribution in [0.5, 0.6) is 0 Å². The number of hydrogen-bond acceptors (Lipinski definition) is 4. The molecule has 2 heterocycles. The Labute approximate surface area is 230 Å². The van der Waals surface area contributed by atoms with Crippen molar-refractivity contribution < 1.29 is 13.2 Å². The standard InChI is InChI=1S/C28H36ClN5O3S/c1-22(26-30-16-17-31-26)34(18-13-23-9-11-25(29)12-10-23)27(35)28(21-24-7-5-4-6-8-24)14-19-33(20-15-28)38(36,37)32(2)3/h4-12,16-17,22H,13-15,18-21H2,1-3H3,(H,30,31). The first kappa shape index (κ1) is 28.3. The molecule has 1 fully saturated rings. The van der Waals surface area contributed by atoms with Crippen LogP contribution >= 0.6 is 11.6 Å². The fraction of sp³-hybridized carbons (Fsp3) is 0.429. The van der Waals surface area contributed by atoms with Gasteiger partial charge in [-0.15, -0.1) is 0 Å². The molecule has 0 spiro atoms. The van der Waals surface area contributed by atoms with E-state index in [1.165, 1.54) is 22.7 Å². The predicted octanol–water partition coefficient (Wildman–Crippen LogP) is 4.33. The third kappa shape index (κ3) is 6.29. The number of halogens is 1. The number of piperidine rings is 1. The molecule has 1 N–H and O–H groups in total. The lowest BCUT2D eigenvalue weighted by Crippen LogP contribution is -2.54. The maximum absolute atomic E-state index is 14.6. The summed E-state index contributed by atoms with van der Waals surface area (Å²) in [6.45, 7) is 3.07. The van der Waals surface area contributed by atoms with Gasteiger partial charge >= 0.3 is 0 Å². The molecule has 0 saturated carbocycles. The number of carbonyl (C=O) groups excluding carboxylic acids is 1. The highest BCUT2D eigenvalue weighted by Gasteiger charge is 2.46. The smallest absolute Gasteiger partial charge is 0.281 e. The fourth-order valence-corrected chi connectivity index (χ4v) is 6.39. The van der Waals surface area contributed by atoms with Crippen LogP contribution < -0.4 is 0 Å². The number of rotatable bonds is 10. The fourth-order valence-electron chi connectivity index (χ4n) is 5.16. The Morgan fingerprint density at radius 3 is 2.32 bits per heavy atom. The monoisotopic (exact) mass is 557 g/mol. The largest absolute Gasteiger partial charge is 0.347 e. The molecular formula is C28H36ClN5O3S. The van der Waals surface area contributed by atoms with Crippen LogP contribution in [0.3, 0.4) is 0 Å². The molecular weight excluding hydrogens is 522 g/mol. The molecule has 1 unspecified atom stereocenters. The molecule has 1 aromatic heterocycles. The molecule has 2 aromatic carbocycles. The summed E-state index contributed by atoms with van der Waals surface area (Å²) < 4.78 is 28.4. The first-order valence-corrected chi connectivity index (χ1v) is 14.7. The Bertz CT molecular complexity index is 1290. The summed E-state index contributed by atoms with van der Waals surface area (Å²) in [6.07, 6.45) is 5.55. The predicted molar refractivity (Wildman–Crippen MR) is 150 cm³/mol. The normalized spacial score (nSPS) is 16.9. The van der Waals surface area contributed by atoms with Crippen molar-refractivity contribution in [3.8, 4) is 0 Å². The molecule has 1 aliphatic rings. The lowest BCUT2D eigenvalue weighted by atomic mass is 9.72. The Hall–Kier alpha value is -2.72. The molecule has 4 rings (SSSR count). The third-order valence-electron chi connectivity index (χ3n) is 7.50. The molecule has 0 radical (unpaired) electrons. The minimum Gasteiger partial charge on any atom is -0.347 e. The number of imidazole rings is 1. The van der Waals surface area contributed by atoms with Crippen molar-refractivity contribution in [1.82, 2.24) is 23.5 Å². The second-order valence-corrected chi connectivity index (χ2v) is 12.7. The maximum atomic E-state index is 14.6. The highest BCUT2D eigenvalue weighted by molar-refractivity contribution is 7.86. The Morgan fingerprint density at radius 1 is 1.08 bits per heavy atom. The average molecular weight is 558 g/mol. The second kappa shape index (κ2) is 12.0. The number of amides is 1. The van der Waals surface area contributed by atoms with Crippen molar-refractivity contribution in [2.75, 3.05) is 33.7 Å². The Morgan fingerprint density at radius 2 is 1.74 bits per heavy atom. The van der Waals surface area contributed by atoms with Crippen LogP contribution in [0.2, 0.25) is 5.02 Å². The summed E-state index contributed by atoms with van der Waals surface area (Å²) in [4.78, 5) is 24.1. The van der Waals surface area contributed by atoms with Crippen molar-refractivity contribution >= 4 is 27.7 Å². The summed E-state index contributed by atoms with van der Waals surface area (Å²) in [5.41, 5.74) is 1.41. The van der Waals surface area contributed by atoms with Gasteiger partial charge in [0, 0.05) is 51.1 Å². The van der Waals surface area contributed by atoms with Crippen LogP contribution in [-0.4, -0.2) is 71.5 Å². The lowest BCUT2D eigenvalue weighted by Gasteiger charge is -2.44. The Kier molecular flexibility index (Phi) is 8.92. The van der Waals surface area contributed by atoms with Crippen LogP contribution in [0.15, 0.2) is 67.0 Å². The third-order valence-corrected chi connectivity index (χ3v) is 9.70. The van der Waals surface area contributed by atoms with Crippen LogP contribution in [0.1, 0.15) is 42.8 Å². The van der Waals surface area contributed by atoms with Crippen LogP contribution in [0.25, 0.3) is 0 Å². The van der Waals surface area contributed by atoms with Gasteiger partial charge in [-0.2, -0.15) is 17.0 Å². The van der Waals surface area contributed by atoms with Crippen LogP contribution in [0, 0.1) is 5.41 Å². The number of nitrogens with zero attached hydrogens (tertiary/aromatic N) is 4. The van der Waals surface area contributed by atoms with Crippen molar-refractivity contribution in [2.24, 2.45) is 5.41 Å². The van der Waals surface area contributed by atoms with E-state index < -0.39 is 15.6 Å². The highest BCUT2D eigenvalue weighted by atomic mass is 35.5. The number of benzene rings is 2. The molecule has 10 heteroatoms. The first-order valence-electron chi connectivity index (χ1n) is 12.9. The van der Waals surface area contributed by atoms with E-state index in [0.717, 1.165) is 17.0 Å². The molecule has 0 aliphatic carbocycles. The average Bonchev–Trinajstić information content (AvgIpc) is 3.45. The first-order chi connectivity index (χ1) is 18.1. The lowest BCUT2D eigenvalue weighted by molar-refractivity contribution is -0.147. The van der Waals surface area contributed by atoms with Gasteiger partial charge in [0.1, 0.15) is 5.82 Å². The molecule has 1 atom stereocenters. The van der Waals surface area contributed by atoms with Crippen molar-refractivity contribution in [3.63, 3.8) is 0 Å². The summed E-state index contributed by atoms with van der Waals surface area (Å²) in [7, 11) is -0.479. The van der Waals surface area contributed by atoms with Gasteiger partial charge in [-0.05, 0) is 55.9 Å². The quantitative estimate of drug-likeness (QED) is 0.402. The van der Waals surface area contributed by atoms with E-state index in [9.17, 15) is 13.2 Å². The summed E-state index contributed by atoms with van der Waals surface area (Å²) in [5, 5.41) is 0.673. The van der Waals surface area contributed by atoms with Gasteiger partial charge in [0.15, 0.2) is 0 Å². The van der Waals surface area contributed by atoms with Gasteiger partial charge in [0.25, 0.3) is 10.2 Å². The number of hydrogen-bond donors (Lipinski definition) is 1. The number of H-pyrrole nitrogens is 1.